The molecule has 1 saturated heterocycles. The molecule has 14 heteroatoms. The largest absolute Gasteiger partial charge is 0.355 e. The van der Waals surface area contributed by atoms with Gasteiger partial charge in [0.05, 0.1) is 16.1 Å². The summed E-state index contributed by atoms with van der Waals surface area (Å²) in [5.41, 5.74) is -0.723. The normalized spacial score (nSPS) is 17.4. The van der Waals surface area contributed by atoms with Crippen LogP contribution in [0.2, 0.25) is 5.02 Å². The molecule has 0 spiro atoms. The summed E-state index contributed by atoms with van der Waals surface area (Å²) >= 11 is 6.24. The van der Waals surface area contributed by atoms with Gasteiger partial charge in [0.25, 0.3) is 0 Å². The van der Waals surface area contributed by atoms with Crippen LogP contribution in [0, 0.1) is 11.6 Å². The standard InChI is InChI=1S/C31H29ClF2N6O4S/c1-4-25(41)38-11-12-39(17(2)16-38)29-20-13-23(34)27(19-9-6-10-22(33)26(19)32)36-30(20)40(31(42)37-29)28-21(18-7-5-8-18)14-35-15-24(28)45(3,43)44/h4,6,9-10,13-15,17-18H,1,5,7-8,11-12,16H2,2-3H3/t17-/m0/s1. The molecule has 10 nitrogen and oxygen atoms in total. The Hall–Kier alpha value is -4.23. The van der Waals surface area contributed by atoms with E-state index in [4.69, 9.17) is 11.6 Å². The number of nitrogens with zero attached hydrogens (tertiary/aromatic N) is 6. The summed E-state index contributed by atoms with van der Waals surface area (Å²) in [4.78, 5) is 42.8. The van der Waals surface area contributed by atoms with Crippen LogP contribution in [0.5, 0.6) is 0 Å². The number of benzene rings is 1. The molecule has 1 aliphatic carbocycles. The summed E-state index contributed by atoms with van der Waals surface area (Å²) < 4.78 is 57.8. The van der Waals surface area contributed by atoms with Gasteiger partial charge in [0.2, 0.25) is 5.91 Å². The van der Waals surface area contributed by atoms with Crippen molar-refractivity contribution in [2.45, 2.75) is 43.0 Å². The molecule has 2 aliphatic rings. The maximum Gasteiger partial charge on any atom is 0.355 e. The van der Waals surface area contributed by atoms with Gasteiger partial charge in [-0.15, -0.1) is 0 Å². The number of aromatic nitrogens is 4. The quantitative estimate of drug-likeness (QED) is 0.276. The lowest BCUT2D eigenvalue weighted by atomic mass is 9.80. The summed E-state index contributed by atoms with van der Waals surface area (Å²) in [6, 6.07) is 4.69. The van der Waals surface area contributed by atoms with Gasteiger partial charge in [-0.1, -0.05) is 36.7 Å². The van der Waals surface area contributed by atoms with Gasteiger partial charge in [-0.05, 0) is 49.5 Å². The van der Waals surface area contributed by atoms with Gasteiger partial charge < -0.3 is 9.80 Å². The molecule has 1 aromatic carbocycles. The number of hydrogen-bond acceptors (Lipinski definition) is 8. The highest BCUT2D eigenvalue weighted by atomic mass is 35.5. The molecule has 1 aliphatic heterocycles. The number of anilines is 1. The molecule has 0 unspecified atom stereocenters. The van der Waals surface area contributed by atoms with Gasteiger partial charge in [-0.2, -0.15) is 4.98 Å². The third-order valence-corrected chi connectivity index (χ3v) is 9.96. The fraction of sp³-hybridized carbons (Fsp3) is 0.323. The summed E-state index contributed by atoms with van der Waals surface area (Å²) in [5.74, 6) is -1.83. The molecule has 0 bridgehead atoms. The van der Waals surface area contributed by atoms with Gasteiger partial charge in [0, 0.05) is 49.9 Å². The van der Waals surface area contributed by atoms with E-state index in [1.807, 2.05) is 6.92 Å². The Bertz CT molecular complexity index is 2050. The number of carbonyl (C=O) groups excluding carboxylic acids is 1. The Balaban J connectivity index is 1.68. The van der Waals surface area contributed by atoms with Crippen molar-refractivity contribution in [1.29, 1.82) is 0 Å². The van der Waals surface area contributed by atoms with Crippen molar-refractivity contribution in [3.63, 3.8) is 0 Å². The number of amides is 1. The molecule has 4 aromatic rings. The van der Waals surface area contributed by atoms with E-state index >= 15 is 4.39 Å². The zero-order valence-corrected chi connectivity index (χ0v) is 26.1. The first kappa shape index (κ1) is 30.8. The molecule has 45 heavy (non-hydrogen) atoms. The van der Waals surface area contributed by atoms with Crippen molar-refractivity contribution < 1.29 is 22.0 Å². The highest BCUT2D eigenvalue weighted by molar-refractivity contribution is 7.90. The van der Waals surface area contributed by atoms with Crippen LogP contribution in [0.3, 0.4) is 0 Å². The van der Waals surface area contributed by atoms with Crippen LogP contribution in [0.15, 0.2) is 59.0 Å². The lowest BCUT2D eigenvalue weighted by Crippen LogP contribution is -2.54. The van der Waals surface area contributed by atoms with E-state index in [1.54, 1.807) is 9.80 Å². The number of sulfone groups is 1. The molecule has 6 rings (SSSR count). The van der Waals surface area contributed by atoms with Crippen LogP contribution in [0.4, 0.5) is 14.6 Å². The Morgan fingerprint density at radius 2 is 1.89 bits per heavy atom. The molecule has 234 valence electrons. The minimum absolute atomic E-state index is 0.0457. The number of carbonyl (C=O) groups is 1. The zero-order chi connectivity index (χ0) is 32.2. The molecule has 1 atom stereocenters. The number of hydrogen-bond donors (Lipinski definition) is 0. The predicted octanol–water partition coefficient (Wildman–Crippen LogP) is 4.67. The number of fused-ring (bicyclic) bond motifs is 1. The van der Waals surface area contributed by atoms with Crippen molar-refractivity contribution in [3.8, 4) is 16.9 Å². The average molecular weight is 655 g/mol. The number of piperazine rings is 1. The molecular formula is C31H29ClF2N6O4S. The van der Waals surface area contributed by atoms with Crippen molar-refractivity contribution in [1.82, 2.24) is 24.4 Å². The van der Waals surface area contributed by atoms with Gasteiger partial charge in [0.1, 0.15) is 28.0 Å². The lowest BCUT2D eigenvalue weighted by Gasteiger charge is -2.40. The van der Waals surface area contributed by atoms with E-state index in [2.05, 4.69) is 21.5 Å². The van der Waals surface area contributed by atoms with Crippen molar-refractivity contribution in [3.05, 3.63) is 82.0 Å². The van der Waals surface area contributed by atoms with Gasteiger partial charge >= 0.3 is 5.69 Å². The minimum atomic E-state index is -3.92. The Labute approximate surface area is 262 Å². The maximum atomic E-state index is 16.0. The monoisotopic (exact) mass is 654 g/mol. The second-order valence-electron chi connectivity index (χ2n) is 11.4. The topological polar surface area (TPSA) is 118 Å². The summed E-state index contributed by atoms with van der Waals surface area (Å²) in [5, 5.41) is -0.242. The molecule has 0 radical (unpaired) electrons. The second-order valence-corrected chi connectivity index (χ2v) is 13.7. The average Bonchev–Trinajstić information content (AvgIpc) is 2.97. The zero-order valence-electron chi connectivity index (χ0n) is 24.5. The summed E-state index contributed by atoms with van der Waals surface area (Å²) in [7, 11) is -3.92. The number of rotatable bonds is 6. The Kier molecular flexibility index (Phi) is 7.94. The lowest BCUT2D eigenvalue weighted by molar-refractivity contribution is -0.126. The molecule has 4 heterocycles. The maximum absolute atomic E-state index is 16.0. The number of pyridine rings is 2. The van der Waals surface area contributed by atoms with Crippen LogP contribution in [-0.4, -0.2) is 70.7 Å². The second kappa shape index (κ2) is 11.6. The van der Waals surface area contributed by atoms with Crippen LogP contribution in [0.1, 0.15) is 37.7 Å². The first-order valence-corrected chi connectivity index (χ1v) is 16.6. The van der Waals surface area contributed by atoms with Crippen LogP contribution >= 0.6 is 11.6 Å². The molecule has 3 aromatic heterocycles. The van der Waals surface area contributed by atoms with Crippen molar-refractivity contribution in [2.75, 3.05) is 30.8 Å². The third kappa shape index (κ3) is 5.37. The molecule has 1 amide bonds. The molecule has 0 N–H and O–H groups in total. The fourth-order valence-electron chi connectivity index (χ4n) is 5.98. The minimum Gasteiger partial charge on any atom is -0.350 e. The van der Waals surface area contributed by atoms with Crippen molar-refractivity contribution in [2.24, 2.45) is 0 Å². The first-order valence-electron chi connectivity index (χ1n) is 14.3. The van der Waals surface area contributed by atoms with E-state index in [-0.39, 0.29) is 68.1 Å². The third-order valence-electron chi connectivity index (χ3n) is 8.47. The van der Waals surface area contributed by atoms with Crippen LogP contribution in [-0.2, 0) is 14.6 Å². The Morgan fingerprint density at radius 1 is 1.13 bits per heavy atom. The predicted molar refractivity (Wildman–Crippen MR) is 167 cm³/mol. The van der Waals surface area contributed by atoms with Crippen LogP contribution in [0.25, 0.3) is 28.0 Å². The summed E-state index contributed by atoms with van der Waals surface area (Å²) in [6.07, 6.45) is 7.39. The number of halogens is 3. The van der Waals surface area contributed by atoms with Gasteiger partial charge in [0.15, 0.2) is 15.5 Å². The van der Waals surface area contributed by atoms with Crippen LogP contribution < -0.4 is 10.6 Å². The summed E-state index contributed by atoms with van der Waals surface area (Å²) in [6.45, 7) is 6.24. The van der Waals surface area contributed by atoms with E-state index in [0.717, 1.165) is 42.2 Å². The highest BCUT2D eigenvalue weighted by Gasteiger charge is 2.33. The smallest absolute Gasteiger partial charge is 0.350 e. The molecule has 2 fully saturated rings. The molecule has 1 saturated carbocycles. The van der Waals surface area contributed by atoms with Crippen molar-refractivity contribution >= 4 is 44.2 Å². The van der Waals surface area contributed by atoms with E-state index in [0.29, 0.717) is 18.7 Å². The highest BCUT2D eigenvalue weighted by Crippen LogP contribution is 2.42. The fourth-order valence-corrected chi connectivity index (χ4v) is 7.01. The van der Waals surface area contributed by atoms with Gasteiger partial charge in [-0.25, -0.2) is 31.5 Å². The van der Waals surface area contributed by atoms with E-state index < -0.39 is 27.2 Å². The first-order chi connectivity index (χ1) is 21.4. The van der Waals surface area contributed by atoms with E-state index in [9.17, 15) is 22.4 Å². The Morgan fingerprint density at radius 3 is 2.53 bits per heavy atom. The van der Waals surface area contributed by atoms with Gasteiger partial charge in [-0.3, -0.25) is 9.78 Å². The molecular weight excluding hydrogens is 626 g/mol. The SMILES string of the molecule is C=CC(=O)N1CCN(c2nc(=O)n(-c3c(C4CCC4)cncc3S(C)(=O)=O)c3nc(-c4cccc(F)c4Cl)c(F)cc23)[C@@H](C)C1. The van der Waals surface area contributed by atoms with E-state index in [1.165, 1.54) is 30.6 Å².